The van der Waals surface area contributed by atoms with Crippen molar-refractivity contribution in [1.82, 2.24) is 4.98 Å². The van der Waals surface area contributed by atoms with Gasteiger partial charge in [0, 0.05) is 10.4 Å². The molecular formula is C29H26ClNO5S. The third-order valence-corrected chi connectivity index (χ3v) is 6.61. The molecule has 0 bridgehead atoms. The fraction of sp³-hybridized carbons (Fsp3) is 0.172. The summed E-state index contributed by atoms with van der Waals surface area (Å²) in [6, 6.07) is 24.1. The minimum Gasteiger partial charge on any atom is -0.465 e. The Morgan fingerprint density at radius 1 is 1.00 bits per heavy atom. The third-order valence-electron chi connectivity index (χ3n) is 5.79. The summed E-state index contributed by atoms with van der Waals surface area (Å²) in [5.74, 6) is -0.437. The zero-order chi connectivity index (χ0) is 26.4. The lowest BCUT2D eigenvalue weighted by molar-refractivity contribution is 0.0599. The van der Waals surface area contributed by atoms with E-state index in [1.54, 1.807) is 12.1 Å². The van der Waals surface area contributed by atoms with Gasteiger partial charge in [0.25, 0.3) is 10.1 Å². The van der Waals surface area contributed by atoms with Crippen LogP contribution in [0.5, 0.6) is 0 Å². The number of ether oxygens (including phenoxy) is 1. The first-order valence-electron chi connectivity index (χ1n) is 11.6. The number of hydrogen-bond acceptors (Lipinski definition) is 6. The van der Waals surface area contributed by atoms with Crippen molar-refractivity contribution in [3.63, 3.8) is 0 Å². The Kier molecular flexibility index (Phi) is 8.38. The highest BCUT2D eigenvalue weighted by Gasteiger charge is 2.20. The molecule has 4 aromatic rings. The zero-order valence-corrected chi connectivity index (χ0v) is 22.0. The van der Waals surface area contributed by atoms with Crippen LogP contribution in [0.25, 0.3) is 23.1 Å². The van der Waals surface area contributed by atoms with Crippen molar-refractivity contribution < 1.29 is 22.1 Å². The lowest BCUT2D eigenvalue weighted by Gasteiger charge is -2.18. The van der Waals surface area contributed by atoms with E-state index in [2.05, 4.69) is 4.98 Å². The average molecular weight is 536 g/mol. The van der Waals surface area contributed by atoms with Crippen LogP contribution >= 0.6 is 11.6 Å². The van der Waals surface area contributed by atoms with Gasteiger partial charge in [-0.1, -0.05) is 66.2 Å². The molecule has 0 spiro atoms. The molecule has 8 heteroatoms. The predicted molar refractivity (Wildman–Crippen MR) is 147 cm³/mol. The Morgan fingerprint density at radius 3 is 2.57 bits per heavy atom. The predicted octanol–water partition coefficient (Wildman–Crippen LogP) is 6.50. The van der Waals surface area contributed by atoms with Gasteiger partial charge < -0.3 is 4.74 Å². The molecule has 0 amide bonds. The zero-order valence-electron chi connectivity index (χ0n) is 20.4. The van der Waals surface area contributed by atoms with E-state index in [0.29, 0.717) is 29.0 Å². The Hall–Kier alpha value is -3.52. The van der Waals surface area contributed by atoms with E-state index in [0.717, 1.165) is 34.0 Å². The summed E-state index contributed by atoms with van der Waals surface area (Å²) in [4.78, 5) is 16.8. The van der Waals surface area contributed by atoms with Crippen LogP contribution in [0.15, 0.2) is 78.9 Å². The van der Waals surface area contributed by atoms with E-state index in [1.165, 1.54) is 7.11 Å². The van der Waals surface area contributed by atoms with Crippen LogP contribution in [0, 0.1) is 0 Å². The maximum atomic E-state index is 12.1. The van der Waals surface area contributed by atoms with Crippen molar-refractivity contribution in [2.24, 2.45) is 0 Å². The second-order valence-electron chi connectivity index (χ2n) is 8.55. The first-order valence-corrected chi connectivity index (χ1v) is 13.8. The van der Waals surface area contributed by atoms with Crippen LogP contribution in [-0.4, -0.2) is 32.7 Å². The van der Waals surface area contributed by atoms with Crippen molar-refractivity contribution in [3.05, 3.63) is 112 Å². The van der Waals surface area contributed by atoms with Crippen LogP contribution in [-0.2, 0) is 25.5 Å². The van der Waals surface area contributed by atoms with Gasteiger partial charge in [-0.25, -0.2) is 9.78 Å². The normalized spacial score (nSPS) is 12.6. The van der Waals surface area contributed by atoms with Crippen molar-refractivity contribution >= 4 is 50.7 Å². The van der Waals surface area contributed by atoms with Crippen LogP contribution in [0.1, 0.15) is 45.3 Å². The highest BCUT2D eigenvalue weighted by Crippen LogP contribution is 2.27. The number of carbonyl (C=O) groups is 1. The molecule has 3 aromatic carbocycles. The van der Waals surface area contributed by atoms with Gasteiger partial charge in [-0.05, 0) is 65.9 Å². The van der Waals surface area contributed by atoms with Crippen molar-refractivity contribution in [1.29, 1.82) is 0 Å². The highest BCUT2D eigenvalue weighted by molar-refractivity contribution is 7.86. The molecule has 0 saturated carbocycles. The Labute approximate surface area is 221 Å². The molecule has 1 aromatic heterocycles. The molecule has 1 atom stereocenters. The Balaban J connectivity index is 1.57. The van der Waals surface area contributed by atoms with Gasteiger partial charge >= 0.3 is 5.97 Å². The molecule has 4 rings (SSSR count). The molecule has 1 heterocycles. The number of aryl methyl sites for hydroxylation is 1. The average Bonchev–Trinajstić information content (AvgIpc) is 2.89. The molecule has 0 N–H and O–H groups in total. The number of esters is 1. The largest absolute Gasteiger partial charge is 0.465 e. The molecule has 6 nitrogen and oxygen atoms in total. The first-order chi connectivity index (χ1) is 17.7. The number of rotatable bonds is 9. The van der Waals surface area contributed by atoms with Gasteiger partial charge in [-0.15, -0.1) is 0 Å². The quantitative estimate of drug-likeness (QED) is 0.180. The highest BCUT2D eigenvalue weighted by atomic mass is 35.5. The second-order valence-corrected chi connectivity index (χ2v) is 10.6. The smallest absolute Gasteiger partial charge is 0.338 e. The molecule has 0 radical (unpaired) electrons. The molecule has 190 valence electrons. The van der Waals surface area contributed by atoms with E-state index in [4.69, 9.17) is 20.5 Å². The summed E-state index contributed by atoms with van der Waals surface area (Å²) in [7, 11) is -2.40. The number of benzene rings is 3. The number of nitrogens with zero attached hydrogens (tertiary/aromatic N) is 1. The SMILES string of the molecule is COC(=O)c1ccccc1CCC(OS(C)(=O)=O)c1cccc(C=Cc2ccc3ccc(Cl)cc3n2)c1. The summed E-state index contributed by atoms with van der Waals surface area (Å²) in [5.41, 5.74) is 4.35. The van der Waals surface area contributed by atoms with Gasteiger partial charge in [-0.3, -0.25) is 4.18 Å². The Bertz CT molecular complexity index is 1570. The molecule has 0 saturated heterocycles. The van der Waals surface area contributed by atoms with Gasteiger partial charge in [0.2, 0.25) is 0 Å². The van der Waals surface area contributed by atoms with E-state index in [9.17, 15) is 13.2 Å². The van der Waals surface area contributed by atoms with Crippen molar-refractivity contribution in [3.8, 4) is 0 Å². The molecule has 0 fully saturated rings. The summed E-state index contributed by atoms with van der Waals surface area (Å²) >= 11 is 6.10. The van der Waals surface area contributed by atoms with Crippen LogP contribution in [0.3, 0.4) is 0 Å². The first kappa shape index (κ1) is 26.5. The number of fused-ring (bicyclic) bond motifs is 1. The van der Waals surface area contributed by atoms with Crippen molar-refractivity contribution in [2.75, 3.05) is 13.4 Å². The van der Waals surface area contributed by atoms with Gasteiger partial charge in [-0.2, -0.15) is 8.42 Å². The standard InChI is InChI=1S/C29H26ClNO5S/c1-35-29(32)26-9-4-3-7-21(26)13-17-28(36-37(2,33)34)23-8-5-6-20(18-23)10-15-25-16-12-22-11-14-24(30)19-27(22)31-25/h3-12,14-16,18-19,28H,13,17H2,1-2H3. The maximum absolute atomic E-state index is 12.1. The van der Waals surface area contributed by atoms with Crippen LogP contribution in [0.4, 0.5) is 0 Å². The van der Waals surface area contributed by atoms with Gasteiger partial charge in [0.1, 0.15) is 6.10 Å². The fourth-order valence-electron chi connectivity index (χ4n) is 4.06. The number of hydrogen-bond donors (Lipinski definition) is 0. The lowest BCUT2D eigenvalue weighted by atomic mass is 9.97. The summed E-state index contributed by atoms with van der Waals surface area (Å²) in [6.45, 7) is 0. The van der Waals surface area contributed by atoms with E-state index in [1.807, 2.05) is 78.9 Å². The number of pyridine rings is 1. The maximum Gasteiger partial charge on any atom is 0.338 e. The topological polar surface area (TPSA) is 82.6 Å². The molecule has 37 heavy (non-hydrogen) atoms. The van der Waals surface area contributed by atoms with Crippen LogP contribution < -0.4 is 0 Å². The van der Waals surface area contributed by atoms with Gasteiger partial charge in [0.15, 0.2) is 0 Å². The molecule has 0 aliphatic carbocycles. The number of carbonyl (C=O) groups excluding carboxylic acids is 1. The van der Waals surface area contributed by atoms with Crippen molar-refractivity contribution in [2.45, 2.75) is 18.9 Å². The third kappa shape index (κ3) is 7.26. The van der Waals surface area contributed by atoms with Crippen LogP contribution in [0.2, 0.25) is 5.02 Å². The van der Waals surface area contributed by atoms with Gasteiger partial charge in [0.05, 0.1) is 30.1 Å². The monoisotopic (exact) mass is 535 g/mol. The summed E-state index contributed by atoms with van der Waals surface area (Å²) < 4.78 is 34.4. The molecule has 0 aliphatic heterocycles. The number of halogens is 1. The van der Waals surface area contributed by atoms with E-state index >= 15 is 0 Å². The molecule has 0 aliphatic rings. The minimum atomic E-state index is -3.73. The Morgan fingerprint density at radius 2 is 1.78 bits per heavy atom. The number of aromatic nitrogens is 1. The lowest BCUT2D eigenvalue weighted by Crippen LogP contribution is -2.13. The summed E-state index contributed by atoms with van der Waals surface area (Å²) in [6.07, 6.45) is 4.88. The minimum absolute atomic E-state index is 0.348. The van der Waals surface area contributed by atoms with E-state index < -0.39 is 22.2 Å². The second kappa shape index (κ2) is 11.7. The van der Waals surface area contributed by atoms with E-state index in [-0.39, 0.29) is 0 Å². The summed E-state index contributed by atoms with van der Waals surface area (Å²) in [5, 5.41) is 1.62. The fourth-order valence-corrected chi connectivity index (χ4v) is 4.85. The molecular weight excluding hydrogens is 510 g/mol. The molecule has 1 unspecified atom stereocenters. The number of methoxy groups -OCH3 is 1.